The normalized spacial score (nSPS) is 21.3. The van der Waals surface area contributed by atoms with Crippen molar-refractivity contribution in [2.45, 2.75) is 25.6 Å². The zero-order valence-electron chi connectivity index (χ0n) is 11.2. The van der Waals surface area contributed by atoms with Gasteiger partial charge in [0.2, 0.25) is 6.10 Å². The van der Waals surface area contributed by atoms with Gasteiger partial charge in [0.15, 0.2) is 0 Å². The number of nitrogens with zero attached hydrogens (tertiary/aromatic N) is 1. The van der Waals surface area contributed by atoms with Gasteiger partial charge in [-0.2, -0.15) is 0 Å². The fraction of sp³-hybridized carbons (Fsp3) is 0.286. The van der Waals surface area contributed by atoms with Crippen LogP contribution < -0.4 is 0 Å². The number of carbonyl (C=O) groups excluding carboxylic acids is 2. The molecule has 1 aromatic carbocycles. The first kappa shape index (κ1) is 14.7. The van der Waals surface area contributed by atoms with Crippen molar-refractivity contribution in [3.05, 3.63) is 46.0 Å². The Morgan fingerprint density at radius 3 is 2.62 bits per heavy atom. The lowest BCUT2D eigenvalue weighted by Gasteiger charge is -2.05. The minimum Gasteiger partial charge on any atom is -0.460 e. The van der Waals surface area contributed by atoms with Crippen molar-refractivity contribution >= 4 is 23.7 Å². The molecule has 110 valence electrons. The Morgan fingerprint density at radius 1 is 1.43 bits per heavy atom. The number of ether oxygens (including phenoxy) is 2. The van der Waals surface area contributed by atoms with Gasteiger partial charge in [-0.15, -0.1) is 0 Å². The largest absolute Gasteiger partial charge is 0.460 e. The van der Waals surface area contributed by atoms with Crippen molar-refractivity contribution in [2.24, 2.45) is 0 Å². The van der Waals surface area contributed by atoms with E-state index in [0.717, 1.165) is 6.08 Å². The lowest BCUT2D eigenvalue weighted by molar-refractivity contribution is -0.384. The van der Waals surface area contributed by atoms with E-state index in [0.29, 0.717) is 12.0 Å². The van der Waals surface area contributed by atoms with Crippen LogP contribution in [-0.2, 0) is 19.1 Å². The zero-order valence-corrected chi connectivity index (χ0v) is 11.2. The molecule has 0 aromatic heterocycles. The maximum Gasteiger partial charge on any atom is 0.347 e. The van der Waals surface area contributed by atoms with Crippen LogP contribution in [0.5, 0.6) is 0 Å². The highest BCUT2D eigenvalue weighted by Gasteiger charge is 2.34. The van der Waals surface area contributed by atoms with Crippen molar-refractivity contribution in [3.63, 3.8) is 0 Å². The molecular formula is C14H13NO6. The molecule has 2 atom stereocenters. The molecule has 21 heavy (non-hydrogen) atoms. The Hall–Kier alpha value is -2.70. The zero-order chi connectivity index (χ0) is 15.4. The Labute approximate surface area is 120 Å². The molecule has 0 aliphatic carbocycles. The van der Waals surface area contributed by atoms with E-state index in [2.05, 4.69) is 0 Å². The minimum atomic E-state index is -0.867. The number of esters is 2. The van der Waals surface area contributed by atoms with Crippen LogP contribution in [0.25, 0.3) is 6.08 Å². The van der Waals surface area contributed by atoms with E-state index in [4.69, 9.17) is 9.47 Å². The van der Waals surface area contributed by atoms with E-state index in [1.54, 1.807) is 6.92 Å². The number of cyclic esters (lactones) is 1. The van der Waals surface area contributed by atoms with Gasteiger partial charge in [-0.1, -0.05) is 0 Å². The molecular weight excluding hydrogens is 278 g/mol. The summed E-state index contributed by atoms with van der Waals surface area (Å²) >= 11 is 0. The molecule has 2 rings (SSSR count). The van der Waals surface area contributed by atoms with Gasteiger partial charge >= 0.3 is 11.9 Å². The minimum absolute atomic E-state index is 0.0302. The van der Waals surface area contributed by atoms with Crippen LogP contribution in [0.2, 0.25) is 0 Å². The summed E-state index contributed by atoms with van der Waals surface area (Å²) in [5.74, 6) is -1.20. The van der Waals surface area contributed by atoms with E-state index in [1.165, 1.54) is 30.3 Å². The fourth-order valence-electron chi connectivity index (χ4n) is 1.87. The summed E-state index contributed by atoms with van der Waals surface area (Å²) in [6.45, 7) is 1.72. The number of hydrogen-bond donors (Lipinski definition) is 0. The van der Waals surface area contributed by atoms with Gasteiger partial charge in [-0.25, -0.2) is 9.59 Å². The number of non-ortho nitro benzene ring substituents is 1. The van der Waals surface area contributed by atoms with Gasteiger partial charge < -0.3 is 9.47 Å². The monoisotopic (exact) mass is 291 g/mol. The average Bonchev–Trinajstić information content (AvgIpc) is 2.75. The fourth-order valence-corrected chi connectivity index (χ4v) is 1.87. The number of benzene rings is 1. The standard InChI is InChI=1S/C14H13NO6/c1-9-8-12(14(17)20-9)21-13(16)7-4-10-2-5-11(6-3-10)15(18)19/h2-7,9,12H,8H2,1H3/b7-4+/t9-,12+/m1/s1. The summed E-state index contributed by atoms with van der Waals surface area (Å²) < 4.78 is 9.84. The number of carbonyl (C=O) groups is 2. The van der Waals surface area contributed by atoms with Gasteiger partial charge in [0.1, 0.15) is 6.10 Å². The first-order valence-corrected chi connectivity index (χ1v) is 6.29. The van der Waals surface area contributed by atoms with E-state index in [-0.39, 0.29) is 11.8 Å². The number of nitro groups is 1. The molecule has 0 spiro atoms. The molecule has 7 heteroatoms. The summed E-state index contributed by atoms with van der Waals surface area (Å²) in [7, 11) is 0. The number of hydrogen-bond acceptors (Lipinski definition) is 6. The predicted octanol–water partition coefficient (Wildman–Crippen LogP) is 1.86. The van der Waals surface area contributed by atoms with Crippen LogP contribution in [0.1, 0.15) is 18.9 Å². The molecule has 0 radical (unpaired) electrons. The smallest absolute Gasteiger partial charge is 0.347 e. The Morgan fingerprint density at radius 2 is 2.10 bits per heavy atom. The quantitative estimate of drug-likeness (QED) is 0.363. The van der Waals surface area contributed by atoms with Crippen molar-refractivity contribution in [1.82, 2.24) is 0 Å². The van der Waals surface area contributed by atoms with Crippen molar-refractivity contribution in [1.29, 1.82) is 0 Å². The third-order valence-electron chi connectivity index (χ3n) is 2.90. The third-order valence-corrected chi connectivity index (χ3v) is 2.90. The van der Waals surface area contributed by atoms with E-state index in [9.17, 15) is 19.7 Å². The molecule has 0 saturated carbocycles. The SMILES string of the molecule is C[C@@H]1C[C@H](OC(=O)/C=C/c2ccc([N+](=O)[O-])cc2)C(=O)O1. The summed E-state index contributed by atoms with van der Waals surface area (Å²) in [5.41, 5.74) is 0.581. The van der Waals surface area contributed by atoms with Crippen LogP contribution in [0.3, 0.4) is 0 Å². The van der Waals surface area contributed by atoms with Crippen LogP contribution in [0.4, 0.5) is 5.69 Å². The van der Waals surface area contributed by atoms with E-state index >= 15 is 0 Å². The van der Waals surface area contributed by atoms with E-state index in [1.807, 2.05) is 0 Å². The van der Waals surface area contributed by atoms with Gasteiger partial charge in [-0.05, 0) is 30.7 Å². The molecule has 1 aromatic rings. The first-order chi connectivity index (χ1) is 9.95. The first-order valence-electron chi connectivity index (χ1n) is 6.29. The molecule has 1 aliphatic rings. The molecule has 1 aliphatic heterocycles. The molecule has 0 N–H and O–H groups in total. The second-order valence-electron chi connectivity index (χ2n) is 4.59. The Balaban J connectivity index is 1.93. The molecule has 0 unspecified atom stereocenters. The second-order valence-corrected chi connectivity index (χ2v) is 4.59. The Bertz CT molecular complexity index is 592. The molecule has 7 nitrogen and oxygen atoms in total. The van der Waals surface area contributed by atoms with Gasteiger partial charge in [-0.3, -0.25) is 10.1 Å². The summed E-state index contributed by atoms with van der Waals surface area (Å²) in [5, 5.41) is 10.5. The van der Waals surface area contributed by atoms with Gasteiger partial charge in [0, 0.05) is 24.6 Å². The summed E-state index contributed by atoms with van der Waals surface area (Å²) in [4.78, 5) is 32.9. The predicted molar refractivity (Wildman–Crippen MR) is 72.2 cm³/mol. The lowest BCUT2D eigenvalue weighted by Crippen LogP contribution is -2.21. The number of rotatable bonds is 4. The highest BCUT2D eigenvalue weighted by molar-refractivity contribution is 5.89. The van der Waals surface area contributed by atoms with E-state index < -0.39 is 23.0 Å². The van der Waals surface area contributed by atoms with Crippen molar-refractivity contribution in [2.75, 3.05) is 0 Å². The summed E-state index contributed by atoms with van der Waals surface area (Å²) in [6.07, 6.45) is 1.84. The third kappa shape index (κ3) is 3.88. The lowest BCUT2D eigenvalue weighted by atomic mass is 10.2. The molecule has 1 heterocycles. The van der Waals surface area contributed by atoms with Crippen molar-refractivity contribution in [3.8, 4) is 0 Å². The Kier molecular flexibility index (Phi) is 4.32. The summed E-state index contributed by atoms with van der Waals surface area (Å²) in [6, 6.07) is 5.68. The molecule has 0 bridgehead atoms. The molecule has 1 fully saturated rings. The van der Waals surface area contributed by atoms with Crippen LogP contribution in [0.15, 0.2) is 30.3 Å². The van der Waals surface area contributed by atoms with Gasteiger partial charge in [0.05, 0.1) is 4.92 Å². The van der Waals surface area contributed by atoms with Crippen LogP contribution >= 0.6 is 0 Å². The van der Waals surface area contributed by atoms with Crippen LogP contribution in [-0.4, -0.2) is 29.1 Å². The maximum atomic E-state index is 11.6. The van der Waals surface area contributed by atoms with Crippen LogP contribution in [0, 0.1) is 10.1 Å². The second kappa shape index (κ2) is 6.17. The maximum absolute atomic E-state index is 11.6. The highest BCUT2D eigenvalue weighted by Crippen LogP contribution is 2.18. The number of nitro benzene ring substituents is 1. The molecule has 0 amide bonds. The topological polar surface area (TPSA) is 95.7 Å². The average molecular weight is 291 g/mol. The van der Waals surface area contributed by atoms with Gasteiger partial charge in [0.25, 0.3) is 5.69 Å². The molecule has 1 saturated heterocycles. The van der Waals surface area contributed by atoms with Crippen molar-refractivity contribution < 1.29 is 24.0 Å². The highest BCUT2D eigenvalue weighted by atomic mass is 16.6.